The second-order valence-electron chi connectivity index (χ2n) is 4.27. The molecule has 0 saturated carbocycles. The molecule has 100 valence electrons. The average Bonchev–Trinajstić information content (AvgIpc) is 2.90. The van der Waals surface area contributed by atoms with Gasteiger partial charge in [-0.15, -0.1) is 0 Å². The van der Waals surface area contributed by atoms with Crippen LogP contribution in [0.25, 0.3) is 6.08 Å². The summed E-state index contributed by atoms with van der Waals surface area (Å²) < 4.78 is 1.81. The normalized spacial score (nSPS) is 11.0. The largest absolute Gasteiger partial charge is 0.350 e. The maximum absolute atomic E-state index is 3.97. The van der Waals surface area contributed by atoms with Crippen molar-refractivity contribution in [1.29, 1.82) is 0 Å². The number of unbranched alkanes of at least 4 members (excludes halogenated alkanes) is 1. The van der Waals surface area contributed by atoms with Crippen molar-refractivity contribution >= 4 is 12.0 Å². The van der Waals surface area contributed by atoms with E-state index in [4.69, 9.17) is 0 Å². The van der Waals surface area contributed by atoms with Gasteiger partial charge in [-0.2, -0.15) is 0 Å². The van der Waals surface area contributed by atoms with E-state index in [0.29, 0.717) is 6.54 Å². The summed E-state index contributed by atoms with van der Waals surface area (Å²) in [5.74, 6) is 0.728. The summed E-state index contributed by atoms with van der Waals surface area (Å²) in [5.41, 5.74) is 1.19. The third-order valence-corrected chi connectivity index (χ3v) is 2.74. The predicted octanol–water partition coefficient (Wildman–Crippen LogP) is 2.60. The smallest absolute Gasteiger partial charge is 0.243 e. The second kappa shape index (κ2) is 7.31. The van der Waals surface area contributed by atoms with Crippen LogP contribution in [-0.4, -0.2) is 26.8 Å². The average molecular weight is 257 g/mol. The Morgan fingerprint density at radius 1 is 1.26 bits per heavy atom. The van der Waals surface area contributed by atoms with Gasteiger partial charge in [-0.25, -0.2) is 4.68 Å². The molecule has 0 saturated heterocycles. The second-order valence-corrected chi connectivity index (χ2v) is 4.27. The molecular weight excluding hydrogens is 238 g/mol. The van der Waals surface area contributed by atoms with E-state index in [2.05, 4.69) is 52.1 Å². The van der Waals surface area contributed by atoms with Crippen LogP contribution < -0.4 is 5.32 Å². The number of nitrogens with one attached hydrogen (secondary N) is 1. The van der Waals surface area contributed by atoms with Crippen molar-refractivity contribution < 1.29 is 0 Å². The van der Waals surface area contributed by atoms with Crippen LogP contribution in [0.3, 0.4) is 0 Å². The van der Waals surface area contributed by atoms with Gasteiger partial charge in [0.15, 0.2) is 0 Å². The minimum absolute atomic E-state index is 0.710. The molecule has 0 fully saturated rings. The number of nitrogens with zero attached hydrogens (tertiary/aromatic N) is 4. The molecule has 19 heavy (non-hydrogen) atoms. The van der Waals surface area contributed by atoms with Crippen molar-refractivity contribution in [1.82, 2.24) is 20.2 Å². The Bertz CT molecular complexity index is 504. The van der Waals surface area contributed by atoms with Gasteiger partial charge < -0.3 is 5.32 Å². The van der Waals surface area contributed by atoms with Gasteiger partial charge >= 0.3 is 0 Å². The minimum atomic E-state index is 0.710. The number of rotatable bonds is 7. The van der Waals surface area contributed by atoms with Crippen molar-refractivity contribution in [3.05, 3.63) is 42.0 Å². The first kappa shape index (κ1) is 13.3. The number of anilines is 1. The molecule has 0 spiro atoms. The van der Waals surface area contributed by atoms with Gasteiger partial charge in [0.05, 0.1) is 0 Å². The van der Waals surface area contributed by atoms with E-state index in [1.807, 2.05) is 18.2 Å². The first-order valence-electron chi connectivity index (χ1n) is 6.62. The Labute approximate surface area is 113 Å². The molecule has 0 aliphatic carbocycles. The first-order chi connectivity index (χ1) is 9.40. The zero-order valence-corrected chi connectivity index (χ0v) is 11.2. The molecule has 1 aromatic heterocycles. The monoisotopic (exact) mass is 257 g/mol. The molecule has 0 amide bonds. The maximum Gasteiger partial charge on any atom is 0.243 e. The summed E-state index contributed by atoms with van der Waals surface area (Å²) in [5, 5.41) is 14.8. The Morgan fingerprint density at radius 3 is 2.89 bits per heavy atom. The Hall–Kier alpha value is -2.17. The fourth-order valence-electron chi connectivity index (χ4n) is 1.70. The zero-order valence-electron chi connectivity index (χ0n) is 11.2. The summed E-state index contributed by atoms with van der Waals surface area (Å²) in [6.45, 7) is 3.72. The fourth-order valence-corrected chi connectivity index (χ4v) is 1.70. The third-order valence-electron chi connectivity index (χ3n) is 2.74. The molecule has 1 heterocycles. The van der Waals surface area contributed by atoms with E-state index in [1.165, 1.54) is 5.56 Å². The van der Waals surface area contributed by atoms with E-state index < -0.39 is 0 Å². The molecule has 5 nitrogen and oxygen atoms in total. The highest BCUT2D eigenvalue weighted by Gasteiger charge is 2.02. The molecular formula is C14H19N5. The Kier molecular flexibility index (Phi) is 5.10. The predicted molar refractivity (Wildman–Crippen MR) is 76.7 cm³/mol. The molecule has 0 atom stereocenters. The van der Waals surface area contributed by atoms with Crippen LogP contribution >= 0.6 is 0 Å². The highest BCUT2D eigenvalue weighted by molar-refractivity contribution is 5.49. The van der Waals surface area contributed by atoms with Gasteiger partial charge in [-0.3, -0.25) is 0 Å². The molecule has 0 bridgehead atoms. The molecule has 2 rings (SSSR count). The summed E-state index contributed by atoms with van der Waals surface area (Å²) in [6, 6.07) is 10.2. The van der Waals surface area contributed by atoms with Gasteiger partial charge in [0.2, 0.25) is 5.95 Å². The summed E-state index contributed by atoms with van der Waals surface area (Å²) >= 11 is 0. The van der Waals surface area contributed by atoms with Crippen LogP contribution in [0.4, 0.5) is 5.95 Å². The zero-order chi connectivity index (χ0) is 13.3. The van der Waals surface area contributed by atoms with Crippen molar-refractivity contribution in [2.75, 3.05) is 11.9 Å². The summed E-state index contributed by atoms with van der Waals surface area (Å²) in [7, 11) is 0. The lowest BCUT2D eigenvalue weighted by Gasteiger charge is -2.03. The van der Waals surface area contributed by atoms with Crippen LogP contribution in [0.5, 0.6) is 0 Å². The Morgan fingerprint density at radius 2 is 2.11 bits per heavy atom. The van der Waals surface area contributed by atoms with Gasteiger partial charge in [0.25, 0.3) is 0 Å². The molecule has 0 radical (unpaired) electrons. The van der Waals surface area contributed by atoms with Crippen LogP contribution in [0.2, 0.25) is 0 Å². The van der Waals surface area contributed by atoms with Crippen molar-refractivity contribution in [2.24, 2.45) is 0 Å². The quantitative estimate of drug-likeness (QED) is 0.828. The highest BCUT2D eigenvalue weighted by atomic mass is 15.6. The number of tetrazole rings is 1. The van der Waals surface area contributed by atoms with Crippen LogP contribution in [-0.2, 0) is 6.54 Å². The van der Waals surface area contributed by atoms with Crippen molar-refractivity contribution in [2.45, 2.75) is 26.3 Å². The topological polar surface area (TPSA) is 55.6 Å². The van der Waals surface area contributed by atoms with Crippen LogP contribution in [0.1, 0.15) is 25.3 Å². The number of hydrogen-bond donors (Lipinski definition) is 1. The molecule has 0 unspecified atom stereocenters. The van der Waals surface area contributed by atoms with Gasteiger partial charge in [-0.05, 0) is 22.4 Å². The molecule has 5 heteroatoms. The van der Waals surface area contributed by atoms with Gasteiger partial charge in [-0.1, -0.05) is 60.9 Å². The number of aryl methyl sites for hydroxylation is 1. The highest BCUT2D eigenvalue weighted by Crippen LogP contribution is 2.03. The van der Waals surface area contributed by atoms with E-state index >= 15 is 0 Å². The number of benzene rings is 1. The molecule has 1 N–H and O–H groups in total. The van der Waals surface area contributed by atoms with E-state index in [-0.39, 0.29) is 0 Å². The van der Waals surface area contributed by atoms with E-state index in [0.717, 1.165) is 25.3 Å². The maximum atomic E-state index is 3.97. The summed E-state index contributed by atoms with van der Waals surface area (Å²) in [4.78, 5) is 0. The van der Waals surface area contributed by atoms with Gasteiger partial charge in [0, 0.05) is 13.1 Å². The third kappa shape index (κ3) is 4.21. The molecule has 0 aliphatic rings. The molecule has 1 aromatic carbocycles. The number of hydrogen-bond acceptors (Lipinski definition) is 4. The standard InChI is InChI=1S/C14H19N5/c1-2-3-12-19-14(16-17-18-19)15-11-7-10-13-8-5-4-6-9-13/h4-10H,2-3,11-12H2,1H3,(H,15,16,18). The SMILES string of the molecule is CCCCn1nnnc1NCC=Cc1ccccc1. The van der Waals surface area contributed by atoms with E-state index in [9.17, 15) is 0 Å². The molecule has 2 aromatic rings. The first-order valence-corrected chi connectivity index (χ1v) is 6.62. The minimum Gasteiger partial charge on any atom is -0.350 e. The van der Waals surface area contributed by atoms with Crippen LogP contribution in [0.15, 0.2) is 36.4 Å². The number of aromatic nitrogens is 4. The lowest BCUT2D eigenvalue weighted by Crippen LogP contribution is -2.09. The van der Waals surface area contributed by atoms with E-state index in [1.54, 1.807) is 4.68 Å². The summed E-state index contributed by atoms with van der Waals surface area (Å²) in [6.07, 6.45) is 6.36. The molecule has 0 aliphatic heterocycles. The fraction of sp³-hybridized carbons (Fsp3) is 0.357. The van der Waals surface area contributed by atoms with Gasteiger partial charge in [0.1, 0.15) is 0 Å². The Balaban J connectivity index is 1.82. The lowest BCUT2D eigenvalue weighted by atomic mass is 10.2. The lowest BCUT2D eigenvalue weighted by molar-refractivity contribution is 0.557. The van der Waals surface area contributed by atoms with Crippen LogP contribution in [0, 0.1) is 0 Å². The van der Waals surface area contributed by atoms with Crippen molar-refractivity contribution in [3.63, 3.8) is 0 Å². The van der Waals surface area contributed by atoms with Crippen molar-refractivity contribution in [3.8, 4) is 0 Å².